The largest absolute Gasteiger partial charge is 0.350 e. The molecule has 2 aliphatic carbocycles. The molecule has 0 aromatic heterocycles. The van der Waals surface area contributed by atoms with E-state index in [0.717, 1.165) is 18.9 Å². The van der Waals surface area contributed by atoms with Gasteiger partial charge in [0.2, 0.25) is 11.8 Å². The molecule has 158 valence electrons. The topological polar surface area (TPSA) is 49.4 Å². The van der Waals surface area contributed by atoms with E-state index in [1.165, 1.54) is 25.0 Å². The number of carbonyl (C=O) groups excluding carboxylic acids is 2. The molecule has 0 spiro atoms. The molecule has 4 atom stereocenters. The molecule has 4 unspecified atom stereocenters. The van der Waals surface area contributed by atoms with E-state index in [9.17, 15) is 18.4 Å². The zero-order valence-corrected chi connectivity index (χ0v) is 17.2. The first-order chi connectivity index (χ1) is 13.8. The molecule has 2 amide bonds. The van der Waals surface area contributed by atoms with Crippen molar-refractivity contribution in [2.75, 3.05) is 6.54 Å². The molecule has 29 heavy (non-hydrogen) atoms. The summed E-state index contributed by atoms with van der Waals surface area (Å²) < 4.78 is 27.4. The van der Waals surface area contributed by atoms with Crippen molar-refractivity contribution in [3.63, 3.8) is 0 Å². The third-order valence-electron chi connectivity index (χ3n) is 6.82. The monoisotopic (exact) mass is 404 g/mol. The van der Waals surface area contributed by atoms with Crippen LogP contribution in [0.1, 0.15) is 63.9 Å². The van der Waals surface area contributed by atoms with E-state index in [4.69, 9.17) is 0 Å². The minimum atomic E-state index is -0.612. The van der Waals surface area contributed by atoms with Crippen LogP contribution in [0.4, 0.5) is 8.78 Å². The Morgan fingerprint density at radius 3 is 2.62 bits per heavy atom. The Morgan fingerprint density at radius 1 is 1.24 bits per heavy atom. The lowest BCUT2D eigenvalue weighted by atomic mass is 9.91. The normalized spacial score (nSPS) is 30.0. The summed E-state index contributed by atoms with van der Waals surface area (Å²) in [6.45, 7) is 4.64. The molecule has 4 nitrogen and oxygen atoms in total. The second-order valence-corrected chi connectivity index (χ2v) is 9.41. The van der Waals surface area contributed by atoms with Gasteiger partial charge in [-0.05, 0) is 55.1 Å². The maximum atomic E-state index is 14.2. The van der Waals surface area contributed by atoms with Crippen molar-refractivity contribution >= 4 is 11.8 Å². The number of nitrogens with zero attached hydrogens (tertiary/aromatic N) is 1. The highest BCUT2D eigenvalue weighted by molar-refractivity contribution is 5.91. The summed E-state index contributed by atoms with van der Waals surface area (Å²) in [5.74, 6) is -1.14. The minimum absolute atomic E-state index is 0.0112. The summed E-state index contributed by atoms with van der Waals surface area (Å²) in [4.78, 5) is 28.0. The fraction of sp³-hybridized carbons (Fsp3) is 0.652. The maximum Gasteiger partial charge on any atom is 0.243 e. The van der Waals surface area contributed by atoms with Crippen LogP contribution >= 0.6 is 0 Å². The maximum absolute atomic E-state index is 14.2. The van der Waals surface area contributed by atoms with Crippen molar-refractivity contribution < 1.29 is 18.4 Å². The van der Waals surface area contributed by atoms with E-state index in [-0.39, 0.29) is 35.6 Å². The van der Waals surface area contributed by atoms with E-state index < -0.39 is 17.7 Å². The zero-order chi connectivity index (χ0) is 20.7. The molecular weight excluding hydrogens is 374 g/mol. The molecule has 1 N–H and O–H groups in total. The fourth-order valence-electron chi connectivity index (χ4n) is 5.18. The number of nitrogens with one attached hydrogen (secondary N) is 1. The highest BCUT2D eigenvalue weighted by Gasteiger charge is 2.50. The third kappa shape index (κ3) is 4.17. The number of piperazine rings is 1. The first-order valence-corrected chi connectivity index (χ1v) is 10.9. The van der Waals surface area contributed by atoms with Crippen LogP contribution in [0, 0.1) is 29.4 Å². The van der Waals surface area contributed by atoms with Crippen molar-refractivity contribution in [2.45, 2.75) is 70.4 Å². The molecule has 1 aromatic rings. The van der Waals surface area contributed by atoms with E-state index in [1.807, 2.05) is 13.8 Å². The minimum Gasteiger partial charge on any atom is -0.350 e. The summed E-state index contributed by atoms with van der Waals surface area (Å²) in [6, 6.07) is 3.11. The van der Waals surface area contributed by atoms with Gasteiger partial charge in [0.25, 0.3) is 0 Å². The second kappa shape index (κ2) is 8.04. The summed E-state index contributed by atoms with van der Waals surface area (Å²) >= 11 is 0. The molecule has 3 fully saturated rings. The molecule has 0 bridgehead atoms. The highest BCUT2D eigenvalue weighted by Crippen LogP contribution is 2.50. The summed E-state index contributed by atoms with van der Waals surface area (Å²) in [5.41, 5.74) is 0.402. The van der Waals surface area contributed by atoms with Gasteiger partial charge in [0.1, 0.15) is 17.7 Å². The van der Waals surface area contributed by atoms with E-state index in [2.05, 4.69) is 5.32 Å². The van der Waals surface area contributed by atoms with Gasteiger partial charge in [-0.3, -0.25) is 9.59 Å². The average Bonchev–Trinajstić information content (AvgIpc) is 3.24. The molecule has 1 aromatic carbocycles. The van der Waals surface area contributed by atoms with Gasteiger partial charge in [0.15, 0.2) is 0 Å². The average molecular weight is 405 g/mol. The number of halogens is 2. The van der Waals surface area contributed by atoms with Crippen molar-refractivity contribution in [2.24, 2.45) is 17.8 Å². The van der Waals surface area contributed by atoms with E-state index in [0.29, 0.717) is 30.9 Å². The Labute approximate surface area is 171 Å². The first-order valence-electron chi connectivity index (χ1n) is 10.9. The van der Waals surface area contributed by atoms with Crippen LogP contribution in [0.25, 0.3) is 0 Å². The zero-order valence-electron chi connectivity index (χ0n) is 17.2. The Bertz CT molecular complexity index is 791. The summed E-state index contributed by atoms with van der Waals surface area (Å²) in [5, 5.41) is 3.18. The quantitative estimate of drug-likeness (QED) is 0.806. The standard InChI is InChI=1S/C23H30F2N2O2/c1-13(2)9-21-22(28)26-20(14-5-3-4-6-14)12-27(21)23(29)18-11-17(18)16-8-7-15(24)10-19(16)25/h7-8,10,13-14,17-18,20-21H,3-6,9,11-12H2,1-2H3,(H,26,28). The number of carbonyl (C=O) groups is 2. The molecule has 1 aliphatic heterocycles. The molecular formula is C23H30F2N2O2. The van der Waals surface area contributed by atoms with Crippen LogP contribution in [0.5, 0.6) is 0 Å². The molecule has 4 rings (SSSR count). The highest BCUT2D eigenvalue weighted by atomic mass is 19.1. The van der Waals surface area contributed by atoms with E-state index >= 15 is 0 Å². The fourth-order valence-corrected chi connectivity index (χ4v) is 5.18. The second-order valence-electron chi connectivity index (χ2n) is 9.41. The Balaban J connectivity index is 1.52. The third-order valence-corrected chi connectivity index (χ3v) is 6.82. The van der Waals surface area contributed by atoms with Gasteiger partial charge >= 0.3 is 0 Å². The number of hydrogen-bond donors (Lipinski definition) is 1. The van der Waals surface area contributed by atoms with E-state index in [1.54, 1.807) is 4.90 Å². The van der Waals surface area contributed by atoms with Gasteiger partial charge < -0.3 is 10.2 Å². The van der Waals surface area contributed by atoms with Gasteiger partial charge in [-0.1, -0.05) is 32.8 Å². The van der Waals surface area contributed by atoms with Crippen LogP contribution in [0.3, 0.4) is 0 Å². The van der Waals surface area contributed by atoms with Crippen LogP contribution in [0.15, 0.2) is 18.2 Å². The summed E-state index contributed by atoms with van der Waals surface area (Å²) in [6.07, 6.45) is 5.71. The van der Waals surface area contributed by atoms with Crippen molar-refractivity contribution in [1.82, 2.24) is 10.2 Å². The Kier molecular flexibility index (Phi) is 5.63. The molecule has 2 saturated carbocycles. The van der Waals surface area contributed by atoms with Crippen LogP contribution in [0.2, 0.25) is 0 Å². The molecule has 0 radical (unpaired) electrons. The van der Waals surface area contributed by atoms with Crippen LogP contribution in [-0.2, 0) is 9.59 Å². The van der Waals surface area contributed by atoms with Gasteiger partial charge in [0.05, 0.1) is 0 Å². The smallest absolute Gasteiger partial charge is 0.243 e. The predicted octanol–water partition coefficient (Wildman–Crippen LogP) is 4.00. The van der Waals surface area contributed by atoms with Crippen molar-refractivity contribution in [1.29, 1.82) is 0 Å². The lowest BCUT2D eigenvalue weighted by molar-refractivity contribution is -0.147. The number of rotatable bonds is 5. The van der Waals surface area contributed by atoms with Crippen LogP contribution in [-0.4, -0.2) is 35.3 Å². The van der Waals surface area contributed by atoms with Crippen LogP contribution < -0.4 is 5.32 Å². The predicted molar refractivity (Wildman–Crippen MR) is 106 cm³/mol. The lowest BCUT2D eigenvalue weighted by Gasteiger charge is -2.42. The van der Waals surface area contributed by atoms with Gasteiger partial charge in [-0.15, -0.1) is 0 Å². The molecule has 6 heteroatoms. The molecule has 1 saturated heterocycles. The number of hydrogen-bond acceptors (Lipinski definition) is 2. The number of benzene rings is 1. The Hall–Kier alpha value is -1.98. The van der Waals surface area contributed by atoms with Crippen molar-refractivity contribution in [3.8, 4) is 0 Å². The first kappa shape index (κ1) is 20.3. The Morgan fingerprint density at radius 2 is 1.97 bits per heavy atom. The van der Waals surface area contributed by atoms with Crippen molar-refractivity contribution in [3.05, 3.63) is 35.4 Å². The van der Waals surface area contributed by atoms with Gasteiger partial charge in [-0.2, -0.15) is 0 Å². The molecule has 1 heterocycles. The molecule has 3 aliphatic rings. The lowest BCUT2D eigenvalue weighted by Crippen LogP contribution is -2.63. The van der Waals surface area contributed by atoms with Gasteiger partial charge in [0, 0.05) is 24.6 Å². The SMILES string of the molecule is CC(C)CC1C(=O)NC(C2CCCC2)CN1C(=O)C1CC1c1ccc(F)cc1F. The number of amides is 2. The summed E-state index contributed by atoms with van der Waals surface area (Å²) in [7, 11) is 0. The van der Waals surface area contributed by atoms with Gasteiger partial charge in [-0.25, -0.2) is 8.78 Å².